The molecule has 1 heterocycles. The molecule has 0 saturated heterocycles. The third-order valence-corrected chi connectivity index (χ3v) is 2.03. The van der Waals surface area contributed by atoms with E-state index in [2.05, 4.69) is 21.4 Å². The number of aromatic nitrogens is 1. The maximum atomic E-state index is 8.44. The van der Waals surface area contributed by atoms with Crippen molar-refractivity contribution < 1.29 is 0 Å². The quantitative estimate of drug-likeness (QED) is 0.547. The van der Waals surface area contributed by atoms with Crippen LogP contribution in [0.2, 0.25) is 0 Å². The first-order valence-corrected chi connectivity index (χ1v) is 4.73. The van der Waals surface area contributed by atoms with Crippen molar-refractivity contribution in [3.05, 3.63) is 23.9 Å². The maximum Gasteiger partial charge on any atom is 0.139 e. The van der Waals surface area contributed by atoms with Gasteiger partial charge in [0.25, 0.3) is 0 Å². The number of anilines is 1. The summed E-state index contributed by atoms with van der Waals surface area (Å²) in [4.78, 5) is 6.18. The van der Waals surface area contributed by atoms with Gasteiger partial charge in [-0.25, -0.2) is 10.8 Å². The number of nitriles is 1. The zero-order chi connectivity index (χ0) is 11.1. The van der Waals surface area contributed by atoms with Gasteiger partial charge in [-0.05, 0) is 18.7 Å². The molecular weight excluding hydrogens is 190 g/mol. The van der Waals surface area contributed by atoms with Crippen LogP contribution in [0.5, 0.6) is 0 Å². The SMILES string of the molecule is CN(CCC#N)Cc1ccc(NN)nc1. The second kappa shape index (κ2) is 5.96. The van der Waals surface area contributed by atoms with Gasteiger partial charge < -0.3 is 10.3 Å². The summed E-state index contributed by atoms with van der Waals surface area (Å²) in [5.41, 5.74) is 3.58. The molecule has 0 aliphatic rings. The minimum atomic E-state index is 0.548. The summed E-state index contributed by atoms with van der Waals surface area (Å²) in [6.07, 6.45) is 2.32. The molecule has 0 spiro atoms. The van der Waals surface area contributed by atoms with Gasteiger partial charge in [0.05, 0.1) is 6.07 Å². The zero-order valence-electron chi connectivity index (χ0n) is 8.77. The molecule has 15 heavy (non-hydrogen) atoms. The van der Waals surface area contributed by atoms with Crippen LogP contribution < -0.4 is 11.3 Å². The molecule has 0 unspecified atom stereocenters. The largest absolute Gasteiger partial charge is 0.308 e. The van der Waals surface area contributed by atoms with Crippen molar-refractivity contribution in [2.75, 3.05) is 19.0 Å². The van der Waals surface area contributed by atoms with E-state index in [0.717, 1.165) is 18.7 Å². The van der Waals surface area contributed by atoms with Crippen LogP contribution in [0.1, 0.15) is 12.0 Å². The average Bonchev–Trinajstić information content (AvgIpc) is 2.27. The van der Waals surface area contributed by atoms with Crippen molar-refractivity contribution in [3.8, 4) is 6.07 Å². The molecule has 0 saturated carbocycles. The Bertz CT molecular complexity index is 327. The van der Waals surface area contributed by atoms with E-state index < -0.39 is 0 Å². The van der Waals surface area contributed by atoms with Crippen molar-refractivity contribution in [1.82, 2.24) is 9.88 Å². The van der Waals surface area contributed by atoms with Crippen LogP contribution in [-0.2, 0) is 6.54 Å². The lowest BCUT2D eigenvalue weighted by Gasteiger charge is -2.14. The fraction of sp³-hybridized carbons (Fsp3) is 0.400. The van der Waals surface area contributed by atoms with Gasteiger partial charge in [-0.2, -0.15) is 5.26 Å². The standard InChI is InChI=1S/C10H15N5/c1-15(6-2-5-11)8-9-3-4-10(14-12)13-7-9/h3-4,7H,2,6,8,12H2,1H3,(H,13,14). The average molecular weight is 205 g/mol. The molecule has 5 heteroatoms. The molecule has 0 aliphatic heterocycles. The topological polar surface area (TPSA) is 78.0 Å². The minimum Gasteiger partial charge on any atom is -0.308 e. The van der Waals surface area contributed by atoms with E-state index in [0.29, 0.717) is 12.2 Å². The molecule has 0 aliphatic carbocycles. The van der Waals surface area contributed by atoms with Gasteiger partial charge >= 0.3 is 0 Å². The smallest absolute Gasteiger partial charge is 0.139 e. The highest BCUT2D eigenvalue weighted by atomic mass is 15.2. The number of nitrogens with two attached hydrogens (primary N) is 1. The first-order valence-electron chi connectivity index (χ1n) is 4.73. The van der Waals surface area contributed by atoms with E-state index in [4.69, 9.17) is 11.1 Å². The summed E-state index contributed by atoms with van der Waals surface area (Å²) in [6, 6.07) is 5.91. The molecule has 0 radical (unpaired) electrons. The number of pyridine rings is 1. The highest BCUT2D eigenvalue weighted by molar-refractivity contribution is 5.33. The lowest BCUT2D eigenvalue weighted by atomic mass is 10.2. The molecule has 0 amide bonds. The number of nitrogens with zero attached hydrogens (tertiary/aromatic N) is 3. The monoisotopic (exact) mass is 205 g/mol. The van der Waals surface area contributed by atoms with Gasteiger partial charge in [0, 0.05) is 25.7 Å². The molecule has 1 aromatic rings. The lowest BCUT2D eigenvalue weighted by molar-refractivity contribution is 0.334. The summed E-state index contributed by atoms with van der Waals surface area (Å²) in [5.74, 6) is 5.86. The van der Waals surface area contributed by atoms with Crippen LogP contribution >= 0.6 is 0 Å². The number of hydrazine groups is 1. The van der Waals surface area contributed by atoms with E-state index in [-0.39, 0.29) is 0 Å². The lowest BCUT2D eigenvalue weighted by Crippen LogP contribution is -2.19. The molecule has 3 N–H and O–H groups in total. The predicted molar refractivity (Wildman–Crippen MR) is 58.6 cm³/mol. The van der Waals surface area contributed by atoms with Gasteiger partial charge in [-0.1, -0.05) is 6.07 Å². The molecule has 80 valence electrons. The van der Waals surface area contributed by atoms with Crippen molar-refractivity contribution >= 4 is 5.82 Å². The van der Waals surface area contributed by atoms with Crippen molar-refractivity contribution in [3.63, 3.8) is 0 Å². The Morgan fingerprint density at radius 1 is 1.60 bits per heavy atom. The summed E-state index contributed by atoms with van der Waals surface area (Å²) in [7, 11) is 1.98. The Morgan fingerprint density at radius 3 is 2.93 bits per heavy atom. The number of hydrogen-bond donors (Lipinski definition) is 2. The van der Waals surface area contributed by atoms with Crippen LogP contribution in [0.25, 0.3) is 0 Å². The zero-order valence-corrected chi connectivity index (χ0v) is 8.77. The van der Waals surface area contributed by atoms with Crippen LogP contribution in [0.3, 0.4) is 0 Å². The highest BCUT2D eigenvalue weighted by Crippen LogP contribution is 2.05. The molecular formula is C10H15N5. The number of hydrogen-bond acceptors (Lipinski definition) is 5. The second-order valence-electron chi connectivity index (χ2n) is 3.34. The normalized spacial score (nSPS) is 10.0. The van der Waals surface area contributed by atoms with E-state index >= 15 is 0 Å². The van der Waals surface area contributed by atoms with Gasteiger partial charge in [0.15, 0.2) is 0 Å². The van der Waals surface area contributed by atoms with Gasteiger partial charge in [-0.3, -0.25) is 0 Å². The fourth-order valence-electron chi connectivity index (χ4n) is 1.23. The summed E-state index contributed by atoms with van der Waals surface area (Å²) in [6.45, 7) is 1.56. The van der Waals surface area contributed by atoms with E-state index in [1.807, 2.05) is 19.2 Å². The number of rotatable bonds is 5. The van der Waals surface area contributed by atoms with Crippen LogP contribution in [0.4, 0.5) is 5.82 Å². The Labute approximate surface area is 89.5 Å². The van der Waals surface area contributed by atoms with Crippen LogP contribution in [-0.4, -0.2) is 23.5 Å². The highest BCUT2D eigenvalue weighted by Gasteiger charge is 2.00. The van der Waals surface area contributed by atoms with Crippen molar-refractivity contribution in [2.45, 2.75) is 13.0 Å². The van der Waals surface area contributed by atoms with Gasteiger partial charge in [-0.15, -0.1) is 0 Å². The predicted octanol–water partition coefficient (Wildman–Crippen LogP) is 0.713. The fourth-order valence-corrected chi connectivity index (χ4v) is 1.23. The molecule has 0 bridgehead atoms. The summed E-state index contributed by atoms with van der Waals surface area (Å²) < 4.78 is 0. The molecule has 0 aromatic carbocycles. The molecule has 1 rings (SSSR count). The Balaban J connectivity index is 2.46. The number of nitrogens with one attached hydrogen (secondary N) is 1. The van der Waals surface area contributed by atoms with E-state index in [9.17, 15) is 0 Å². The molecule has 0 fully saturated rings. The maximum absolute atomic E-state index is 8.44. The Kier molecular flexibility index (Phi) is 4.54. The van der Waals surface area contributed by atoms with Gasteiger partial charge in [0.1, 0.15) is 5.82 Å². The summed E-state index contributed by atoms with van der Waals surface area (Å²) in [5, 5.41) is 8.44. The Morgan fingerprint density at radius 2 is 2.40 bits per heavy atom. The summed E-state index contributed by atoms with van der Waals surface area (Å²) >= 11 is 0. The third-order valence-electron chi connectivity index (χ3n) is 2.03. The molecule has 0 atom stereocenters. The van der Waals surface area contributed by atoms with Gasteiger partial charge in [0.2, 0.25) is 0 Å². The van der Waals surface area contributed by atoms with Crippen molar-refractivity contribution in [1.29, 1.82) is 5.26 Å². The van der Waals surface area contributed by atoms with E-state index in [1.54, 1.807) is 6.20 Å². The van der Waals surface area contributed by atoms with Crippen LogP contribution in [0, 0.1) is 11.3 Å². The van der Waals surface area contributed by atoms with E-state index in [1.165, 1.54) is 0 Å². The van der Waals surface area contributed by atoms with Crippen LogP contribution in [0.15, 0.2) is 18.3 Å². The molecule has 1 aromatic heterocycles. The minimum absolute atomic E-state index is 0.548. The number of nitrogen functional groups attached to an aromatic ring is 1. The first kappa shape index (κ1) is 11.4. The first-order chi connectivity index (χ1) is 7.26. The third kappa shape index (κ3) is 3.94. The molecule has 5 nitrogen and oxygen atoms in total. The van der Waals surface area contributed by atoms with Crippen molar-refractivity contribution in [2.24, 2.45) is 5.84 Å². The Hall–Kier alpha value is -1.64. The second-order valence-corrected chi connectivity index (χ2v) is 3.34.